The van der Waals surface area contributed by atoms with Gasteiger partial charge in [0.15, 0.2) is 11.2 Å². The van der Waals surface area contributed by atoms with Gasteiger partial charge in [0.1, 0.15) is 0 Å². The minimum Gasteiger partial charge on any atom is -0.352 e. The first-order valence-electron chi connectivity index (χ1n) is 7.26. The minimum atomic E-state index is -0.472. The summed E-state index contributed by atoms with van der Waals surface area (Å²) >= 11 is 0. The van der Waals surface area contributed by atoms with Crippen LogP contribution in [0.3, 0.4) is 0 Å². The Morgan fingerprint density at radius 3 is 2.41 bits per heavy atom. The maximum Gasteiger partial charge on any atom is 0.332 e. The number of aryl methyl sites for hydroxylation is 1. The minimum absolute atomic E-state index is 0.130. The Balaban J connectivity index is 2.28. The number of anilines is 1. The number of nitrogens with zero attached hydrogens (tertiary/aromatic N) is 6. The van der Waals surface area contributed by atoms with E-state index in [0.29, 0.717) is 6.54 Å². The van der Waals surface area contributed by atoms with E-state index in [1.807, 2.05) is 0 Å². The molecule has 0 aliphatic rings. The lowest BCUT2D eigenvalue weighted by Crippen LogP contribution is -2.38. The van der Waals surface area contributed by atoms with E-state index < -0.39 is 11.2 Å². The maximum absolute atomic E-state index is 12.1. The number of rotatable bonds is 6. The van der Waals surface area contributed by atoms with Crippen molar-refractivity contribution in [3.63, 3.8) is 0 Å². The first kappa shape index (κ1) is 16.1. The van der Waals surface area contributed by atoms with Crippen molar-refractivity contribution < 1.29 is 0 Å². The average molecular weight is 307 g/mol. The van der Waals surface area contributed by atoms with Gasteiger partial charge in [0.05, 0.1) is 0 Å². The second-order valence-electron chi connectivity index (χ2n) is 4.97. The topological polar surface area (TPSA) is 97.9 Å². The summed E-state index contributed by atoms with van der Waals surface area (Å²) in [6, 6.07) is 0. The second-order valence-corrected chi connectivity index (χ2v) is 4.97. The van der Waals surface area contributed by atoms with E-state index in [9.17, 15) is 9.59 Å². The number of nitrogens with one attached hydrogen (secondary N) is 1. The number of aromatic nitrogens is 5. The highest BCUT2D eigenvalue weighted by atomic mass is 16.2. The van der Waals surface area contributed by atoms with E-state index in [4.69, 9.17) is 0 Å². The lowest BCUT2D eigenvalue weighted by molar-refractivity contribution is 0.316. The van der Waals surface area contributed by atoms with E-state index in [-0.39, 0.29) is 17.1 Å². The summed E-state index contributed by atoms with van der Waals surface area (Å²) in [4.78, 5) is 30.4. The van der Waals surface area contributed by atoms with Gasteiger partial charge in [-0.2, -0.15) is 0 Å². The zero-order valence-corrected chi connectivity index (χ0v) is 13.3. The van der Waals surface area contributed by atoms with Crippen molar-refractivity contribution in [2.24, 2.45) is 14.1 Å². The molecular formula is C13H21N7O2. The molecule has 2 aromatic heterocycles. The summed E-state index contributed by atoms with van der Waals surface area (Å²) < 4.78 is 2.27. The van der Waals surface area contributed by atoms with Gasteiger partial charge in [0, 0.05) is 27.2 Å². The van der Waals surface area contributed by atoms with Crippen LogP contribution in [0.4, 0.5) is 5.95 Å². The third kappa shape index (κ3) is 2.98. The molecule has 0 spiro atoms. The normalized spacial score (nSPS) is 11.3. The highest BCUT2D eigenvalue weighted by molar-refractivity contribution is 5.69. The molecule has 0 atom stereocenters. The molecule has 0 saturated heterocycles. The Morgan fingerprint density at radius 2 is 1.77 bits per heavy atom. The lowest BCUT2D eigenvalue weighted by atomic mass is 10.4. The average Bonchev–Trinajstić information content (AvgIpc) is 2.54. The number of hydrogen-bond acceptors (Lipinski definition) is 7. The molecule has 0 saturated carbocycles. The van der Waals surface area contributed by atoms with E-state index >= 15 is 0 Å². The van der Waals surface area contributed by atoms with E-state index in [2.05, 4.69) is 39.2 Å². The van der Waals surface area contributed by atoms with Gasteiger partial charge in [-0.1, -0.05) is 13.8 Å². The van der Waals surface area contributed by atoms with E-state index in [1.54, 1.807) is 0 Å². The molecule has 0 radical (unpaired) electrons. The van der Waals surface area contributed by atoms with Crippen molar-refractivity contribution >= 4 is 17.1 Å². The standard InChI is InChI=1S/C13H21N7O2/c1-5-20(6-2)8-7-14-12-15-9-10(16-17-12)18(3)13(22)19(4)11(9)21/h5-8H2,1-4H3,(H,14,15,17). The highest BCUT2D eigenvalue weighted by Crippen LogP contribution is 2.02. The molecule has 0 unspecified atom stereocenters. The van der Waals surface area contributed by atoms with Gasteiger partial charge in [-0.05, 0) is 13.1 Å². The van der Waals surface area contributed by atoms with Crippen LogP contribution in [0, 0.1) is 0 Å². The quantitative estimate of drug-likeness (QED) is 0.744. The van der Waals surface area contributed by atoms with Gasteiger partial charge in [-0.25, -0.2) is 9.78 Å². The zero-order chi connectivity index (χ0) is 16.3. The van der Waals surface area contributed by atoms with Gasteiger partial charge in [-0.15, -0.1) is 10.2 Å². The fourth-order valence-electron chi connectivity index (χ4n) is 2.19. The molecule has 2 rings (SSSR count). The summed E-state index contributed by atoms with van der Waals surface area (Å²) in [7, 11) is 2.95. The van der Waals surface area contributed by atoms with Gasteiger partial charge >= 0.3 is 5.69 Å². The van der Waals surface area contributed by atoms with Crippen molar-refractivity contribution in [3.8, 4) is 0 Å². The fraction of sp³-hybridized carbons (Fsp3) is 0.615. The number of hydrogen-bond donors (Lipinski definition) is 1. The summed E-state index contributed by atoms with van der Waals surface area (Å²) in [5.41, 5.74) is -0.608. The molecule has 0 aromatic carbocycles. The molecule has 9 nitrogen and oxygen atoms in total. The molecular weight excluding hydrogens is 286 g/mol. The van der Waals surface area contributed by atoms with Crippen LogP contribution in [-0.2, 0) is 14.1 Å². The summed E-state index contributed by atoms with van der Waals surface area (Å²) in [6.07, 6.45) is 0. The van der Waals surface area contributed by atoms with E-state index in [0.717, 1.165) is 24.2 Å². The molecule has 22 heavy (non-hydrogen) atoms. The Bertz CT molecular complexity index is 776. The molecule has 9 heteroatoms. The van der Waals surface area contributed by atoms with E-state index in [1.165, 1.54) is 18.7 Å². The molecule has 0 amide bonds. The van der Waals surface area contributed by atoms with Crippen molar-refractivity contribution in [2.75, 3.05) is 31.5 Å². The highest BCUT2D eigenvalue weighted by Gasteiger charge is 2.12. The molecule has 0 aliphatic carbocycles. The Hall–Kier alpha value is -2.29. The van der Waals surface area contributed by atoms with Crippen molar-refractivity contribution in [1.29, 1.82) is 0 Å². The Kier molecular flexibility index (Phi) is 4.86. The van der Waals surface area contributed by atoms with Crippen LogP contribution >= 0.6 is 0 Å². The molecule has 1 N–H and O–H groups in total. The summed E-state index contributed by atoms with van der Waals surface area (Å²) in [5.74, 6) is 0.287. The van der Waals surface area contributed by atoms with Crippen LogP contribution in [0.1, 0.15) is 13.8 Å². The summed E-state index contributed by atoms with van der Waals surface area (Å²) in [5, 5.41) is 10.9. The van der Waals surface area contributed by atoms with Gasteiger partial charge in [-0.3, -0.25) is 13.9 Å². The first-order chi connectivity index (χ1) is 10.5. The lowest BCUT2D eigenvalue weighted by Gasteiger charge is -2.17. The molecule has 0 fully saturated rings. The molecule has 0 aliphatic heterocycles. The smallest absolute Gasteiger partial charge is 0.332 e. The predicted octanol–water partition coefficient (Wildman–Crippen LogP) is -0.824. The monoisotopic (exact) mass is 307 g/mol. The SMILES string of the molecule is CCN(CC)CCNc1nnc2c(n1)c(=O)n(C)c(=O)n2C. The van der Waals surface area contributed by atoms with Crippen LogP contribution < -0.4 is 16.6 Å². The Morgan fingerprint density at radius 1 is 1.09 bits per heavy atom. The third-order valence-corrected chi connectivity index (χ3v) is 3.67. The summed E-state index contributed by atoms with van der Waals surface area (Å²) in [6.45, 7) is 7.64. The van der Waals surface area contributed by atoms with Crippen LogP contribution in [0.15, 0.2) is 9.59 Å². The van der Waals surface area contributed by atoms with Gasteiger partial charge in [0.25, 0.3) is 5.56 Å². The van der Waals surface area contributed by atoms with Crippen LogP contribution in [0.2, 0.25) is 0 Å². The van der Waals surface area contributed by atoms with Crippen molar-refractivity contribution in [2.45, 2.75) is 13.8 Å². The molecule has 120 valence electrons. The number of likely N-dealkylation sites (N-methyl/N-ethyl adjacent to an activating group) is 1. The third-order valence-electron chi connectivity index (χ3n) is 3.67. The molecule has 2 aromatic rings. The second kappa shape index (κ2) is 6.65. The van der Waals surface area contributed by atoms with Crippen molar-refractivity contribution in [1.82, 2.24) is 29.2 Å². The Labute approximate surface area is 127 Å². The zero-order valence-electron chi connectivity index (χ0n) is 13.3. The number of fused-ring (bicyclic) bond motifs is 1. The van der Waals surface area contributed by atoms with Crippen LogP contribution in [0.5, 0.6) is 0 Å². The maximum atomic E-state index is 12.1. The fourth-order valence-corrected chi connectivity index (χ4v) is 2.19. The van der Waals surface area contributed by atoms with Gasteiger partial charge in [0.2, 0.25) is 5.95 Å². The predicted molar refractivity (Wildman–Crippen MR) is 84.1 cm³/mol. The first-order valence-corrected chi connectivity index (χ1v) is 7.26. The largest absolute Gasteiger partial charge is 0.352 e. The van der Waals surface area contributed by atoms with Gasteiger partial charge < -0.3 is 10.2 Å². The molecule has 0 bridgehead atoms. The van der Waals surface area contributed by atoms with Crippen LogP contribution in [0.25, 0.3) is 11.2 Å². The van der Waals surface area contributed by atoms with Crippen LogP contribution in [-0.4, -0.2) is 55.4 Å². The van der Waals surface area contributed by atoms with Crippen molar-refractivity contribution in [3.05, 3.63) is 20.8 Å². The molecule has 2 heterocycles.